The molecule has 0 saturated heterocycles. The summed E-state index contributed by atoms with van der Waals surface area (Å²) >= 11 is 0. The molecule has 0 aromatic heterocycles. The Kier molecular flexibility index (Phi) is 5.61. The number of anilines is 1. The number of hydrogen-bond donors (Lipinski definition) is 2. The van der Waals surface area contributed by atoms with E-state index >= 15 is 0 Å². The van der Waals surface area contributed by atoms with Crippen LogP contribution in [-0.4, -0.2) is 11.9 Å². The van der Waals surface area contributed by atoms with Crippen LogP contribution in [0.2, 0.25) is 0 Å². The van der Waals surface area contributed by atoms with Gasteiger partial charge in [0.2, 0.25) is 5.91 Å². The molecule has 0 aliphatic rings. The normalized spacial score (nSPS) is 13.0. The van der Waals surface area contributed by atoms with Gasteiger partial charge in [-0.15, -0.1) is 0 Å². The molecule has 0 saturated carbocycles. The van der Waals surface area contributed by atoms with Crippen molar-refractivity contribution in [1.82, 2.24) is 5.32 Å². The number of nitrogens with one attached hydrogen (secondary N) is 2. The van der Waals surface area contributed by atoms with Crippen molar-refractivity contribution in [3.8, 4) is 6.07 Å². The standard InChI is InChI=1S/C18H17F2N3O/c1-11(15-8-7-14(19)9-16(15)20)22-12(2)18(24)23-17-6-4-3-5-13(17)10-21/h3-9,11-12,22H,1-2H3,(H,23,24)/t11-,12-/m1/s1. The molecule has 0 radical (unpaired) electrons. The van der Waals surface area contributed by atoms with Crippen molar-refractivity contribution in [2.24, 2.45) is 0 Å². The molecule has 0 bridgehead atoms. The molecule has 24 heavy (non-hydrogen) atoms. The zero-order valence-corrected chi connectivity index (χ0v) is 13.3. The van der Waals surface area contributed by atoms with E-state index in [1.165, 1.54) is 12.1 Å². The number of nitriles is 1. The topological polar surface area (TPSA) is 64.9 Å². The summed E-state index contributed by atoms with van der Waals surface area (Å²) in [5, 5.41) is 14.6. The van der Waals surface area contributed by atoms with Crippen LogP contribution in [0.25, 0.3) is 0 Å². The minimum Gasteiger partial charge on any atom is -0.324 e. The second-order valence-electron chi connectivity index (χ2n) is 5.42. The van der Waals surface area contributed by atoms with Crippen LogP contribution < -0.4 is 10.6 Å². The van der Waals surface area contributed by atoms with E-state index < -0.39 is 23.7 Å². The molecule has 2 N–H and O–H groups in total. The average Bonchev–Trinajstić information content (AvgIpc) is 2.55. The van der Waals surface area contributed by atoms with Gasteiger partial charge in [0.05, 0.1) is 17.3 Å². The maximum atomic E-state index is 13.8. The molecule has 2 rings (SSSR count). The number of carbonyl (C=O) groups is 1. The highest BCUT2D eigenvalue weighted by molar-refractivity contribution is 5.95. The summed E-state index contributed by atoms with van der Waals surface area (Å²) in [6.45, 7) is 3.31. The third-order valence-electron chi connectivity index (χ3n) is 3.63. The highest BCUT2D eigenvalue weighted by atomic mass is 19.1. The molecule has 0 aliphatic carbocycles. The Balaban J connectivity index is 2.04. The molecule has 2 aromatic carbocycles. The Morgan fingerprint density at radius 2 is 1.88 bits per heavy atom. The molecule has 0 unspecified atom stereocenters. The van der Waals surface area contributed by atoms with Gasteiger partial charge in [-0.2, -0.15) is 5.26 Å². The van der Waals surface area contributed by atoms with Crippen LogP contribution in [0, 0.1) is 23.0 Å². The lowest BCUT2D eigenvalue weighted by atomic mass is 10.1. The first-order valence-electron chi connectivity index (χ1n) is 7.43. The van der Waals surface area contributed by atoms with E-state index in [0.717, 1.165) is 6.07 Å². The Hall–Kier alpha value is -2.78. The van der Waals surface area contributed by atoms with E-state index in [9.17, 15) is 13.6 Å². The zero-order chi connectivity index (χ0) is 17.7. The van der Waals surface area contributed by atoms with Crippen LogP contribution in [0.5, 0.6) is 0 Å². The first-order chi connectivity index (χ1) is 11.4. The van der Waals surface area contributed by atoms with Crippen molar-refractivity contribution < 1.29 is 13.6 Å². The molecule has 0 fully saturated rings. The van der Waals surface area contributed by atoms with Crippen molar-refractivity contribution in [1.29, 1.82) is 5.26 Å². The largest absolute Gasteiger partial charge is 0.324 e. The Morgan fingerprint density at radius 3 is 2.54 bits per heavy atom. The second-order valence-corrected chi connectivity index (χ2v) is 5.42. The van der Waals surface area contributed by atoms with Crippen LogP contribution >= 0.6 is 0 Å². The van der Waals surface area contributed by atoms with Crippen LogP contribution in [0.15, 0.2) is 42.5 Å². The summed E-state index contributed by atoms with van der Waals surface area (Å²) in [5.74, 6) is -1.67. The van der Waals surface area contributed by atoms with E-state index in [4.69, 9.17) is 5.26 Å². The van der Waals surface area contributed by atoms with Crippen LogP contribution in [0.3, 0.4) is 0 Å². The number of rotatable bonds is 5. The van der Waals surface area contributed by atoms with Crippen molar-refractivity contribution in [2.45, 2.75) is 25.9 Å². The summed E-state index contributed by atoms with van der Waals surface area (Å²) in [5.41, 5.74) is 1.04. The minimum absolute atomic E-state index is 0.272. The second kappa shape index (κ2) is 7.66. The van der Waals surface area contributed by atoms with Crippen molar-refractivity contribution in [2.75, 3.05) is 5.32 Å². The molecular weight excluding hydrogens is 312 g/mol. The van der Waals surface area contributed by atoms with E-state index in [1.54, 1.807) is 38.1 Å². The van der Waals surface area contributed by atoms with Crippen LogP contribution in [0.4, 0.5) is 14.5 Å². The number of hydrogen-bond acceptors (Lipinski definition) is 3. The molecule has 1 amide bonds. The van der Waals surface area contributed by atoms with E-state index in [0.29, 0.717) is 11.3 Å². The fourth-order valence-corrected chi connectivity index (χ4v) is 2.32. The van der Waals surface area contributed by atoms with Crippen LogP contribution in [0.1, 0.15) is 31.0 Å². The number of benzene rings is 2. The molecule has 2 aromatic rings. The van der Waals surface area contributed by atoms with Gasteiger partial charge in [-0.05, 0) is 32.0 Å². The van der Waals surface area contributed by atoms with E-state index in [2.05, 4.69) is 10.6 Å². The first-order valence-corrected chi connectivity index (χ1v) is 7.43. The highest BCUT2D eigenvalue weighted by Crippen LogP contribution is 2.19. The summed E-state index contributed by atoms with van der Waals surface area (Å²) in [7, 11) is 0. The van der Waals surface area contributed by atoms with Gasteiger partial charge in [0.25, 0.3) is 0 Å². The van der Waals surface area contributed by atoms with Crippen molar-refractivity contribution in [3.05, 3.63) is 65.2 Å². The van der Waals surface area contributed by atoms with Gasteiger partial charge in [0, 0.05) is 17.7 Å². The lowest BCUT2D eigenvalue weighted by Crippen LogP contribution is -2.39. The minimum atomic E-state index is -0.669. The summed E-state index contributed by atoms with van der Waals surface area (Å²) in [6.07, 6.45) is 0. The predicted octanol–water partition coefficient (Wildman–Crippen LogP) is 3.51. The zero-order valence-electron chi connectivity index (χ0n) is 13.3. The number of para-hydroxylation sites is 1. The van der Waals surface area contributed by atoms with E-state index in [1.807, 2.05) is 6.07 Å². The smallest absolute Gasteiger partial charge is 0.241 e. The molecule has 6 heteroatoms. The molecule has 124 valence electrons. The third-order valence-corrected chi connectivity index (χ3v) is 3.63. The van der Waals surface area contributed by atoms with Gasteiger partial charge in [0.1, 0.15) is 17.7 Å². The van der Waals surface area contributed by atoms with Crippen molar-refractivity contribution >= 4 is 11.6 Å². The Labute approximate surface area is 139 Å². The fourth-order valence-electron chi connectivity index (χ4n) is 2.32. The van der Waals surface area contributed by atoms with Gasteiger partial charge in [0.15, 0.2) is 0 Å². The molecule has 2 atom stereocenters. The number of carbonyl (C=O) groups excluding carboxylic acids is 1. The number of halogens is 2. The van der Waals surface area contributed by atoms with Crippen molar-refractivity contribution in [3.63, 3.8) is 0 Å². The van der Waals surface area contributed by atoms with Gasteiger partial charge in [-0.25, -0.2) is 8.78 Å². The number of nitrogens with zero attached hydrogens (tertiary/aromatic N) is 1. The maximum Gasteiger partial charge on any atom is 0.241 e. The summed E-state index contributed by atoms with van der Waals surface area (Å²) < 4.78 is 26.7. The lowest BCUT2D eigenvalue weighted by Gasteiger charge is -2.20. The van der Waals surface area contributed by atoms with Gasteiger partial charge >= 0.3 is 0 Å². The third kappa shape index (κ3) is 4.15. The maximum absolute atomic E-state index is 13.8. The van der Waals surface area contributed by atoms with Gasteiger partial charge < -0.3 is 5.32 Å². The van der Waals surface area contributed by atoms with Gasteiger partial charge in [-0.3, -0.25) is 10.1 Å². The van der Waals surface area contributed by atoms with Crippen LogP contribution in [-0.2, 0) is 4.79 Å². The van der Waals surface area contributed by atoms with E-state index in [-0.39, 0.29) is 11.5 Å². The lowest BCUT2D eigenvalue weighted by molar-refractivity contribution is -0.117. The predicted molar refractivity (Wildman–Crippen MR) is 87.2 cm³/mol. The molecule has 0 spiro atoms. The molecular formula is C18H17F2N3O. The SMILES string of the molecule is C[C@@H](N[C@H](C)c1ccc(F)cc1F)C(=O)Nc1ccccc1C#N. The average molecular weight is 329 g/mol. The monoisotopic (exact) mass is 329 g/mol. The quantitative estimate of drug-likeness (QED) is 0.882. The number of amides is 1. The highest BCUT2D eigenvalue weighted by Gasteiger charge is 2.19. The first kappa shape index (κ1) is 17.6. The van der Waals surface area contributed by atoms with Gasteiger partial charge in [-0.1, -0.05) is 18.2 Å². The summed E-state index contributed by atoms with van der Waals surface area (Å²) in [4.78, 5) is 12.2. The Morgan fingerprint density at radius 1 is 1.17 bits per heavy atom. The molecule has 4 nitrogen and oxygen atoms in total. The molecule has 0 aliphatic heterocycles. The molecule has 0 heterocycles. The summed E-state index contributed by atoms with van der Waals surface area (Å²) in [6, 6.07) is 10.8. The Bertz CT molecular complexity index is 786. The fraction of sp³-hybridized carbons (Fsp3) is 0.222.